The third-order valence-electron chi connectivity index (χ3n) is 7.69. The van der Waals surface area contributed by atoms with Gasteiger partial charge in [-0.2, -0.15) is 0 Å². The van der Waals surface area contributed by atoms with E-state index < -0.39 is 0 Å². The summed E-state index contributed by atoms with van der Waals surface area (Å²) >= 11 is 0. The number of fused-ring (bicyclic) bond motifs is 3. The summed E-state index contributed by atoms with van der Waals surface area (Å²) in [6.07, 6.45) is 9.02. The van der Waals surface area contributed by atoms with Crippen molar-refractivity contribution >= 4 is 0 Å². The SMILES string of the molecule is CC1C2CCC3CC(O)CCC3(C)C2CCC1(C)C. The van der Waals surface area contributed by atoms with Gasteiger partial charge in [-0.25, -0.2) is 0 Å². The maximum atomic E-state index is 9.99. The van der Waals surface area contributed by atoms with E-state index in [1.807, 2.05) is 0 Å². The van der Waals surface area contributed by atoms with E-state index in [0.717, 1.165) is 36.5 Å². The van der Waals surface area contributed by atoms with Crippen molar-refractivity contribution in [1.82, 2.24) is 0 Å². The van der Waals surface area contributed by atoms with Gasteiger partial charge in [0.05, 0.1) is 6.10 Å². The molecule has 1 heteroatoms. The van der Waals surface area contributed by atoms with Crippen molar-refractivity contribution in [2.75, 3.05) is 0 Å². The van der Waals surface area contributed by atoms with E-state index in [2.05, 4.69) is 27.7 Å². The van der Waals surface area contributed by atoms with Crippen LogP contribution in [-0.4, -0.2) is 11.2 Å². The summed E-state index contributed by atoms with van der Waals surface area (Å²) < 4.78 is 0. The molecule has 0 aromatic rings. The minimum Gasteiger partial charge on any atom is -0.393 e. The molecular weight excluding hydrogens is 232 g/mol. The van der Waals surface area contributed by atoms with Crippen LogP contribution >= 0.6 is 0 Å². The summed E-state index contributed by atoms with van der Waals surface area (Å²) in [5, 5.41) is 9.99. The largest absolute Gasteiger partial charge is 0.393 e. The monoisotopic (exact) mass is 264 g/mol. The Bertz CT molecular complexity index is 348. The van der Waals surface area contributed by atoms with E-state index in [0.29, 0.717) is 10.8 Å². The van der Waals surface area contributed by atoms with Gasteiger partial charge in [0.25, 0.3) is 0 Å². The lowest BCUT2D eigenvalue weighted by Crippen LogP contribution is -2.53. The van der Waals surface area contributed by atoms with Crippen LogP contribution < -0.4 is 0 Å². The molecular formula is C18H32O. The van der Waals surface area contributed by atoms with Crippen LogP contribution in [0.3, 0.4) is 0 Å². The van der Waals surface area contributed by atoms with Gasteiger partial charge in [-0.05, 0) is 79.4 Å². The molecule has 3 fully saturated rings. The number of hydrogen-bond donors (Lipinski definition) is 1. The number of aliphatic hydroxyl groups is 1. The molecule has 0 aromatic carbocycles. The Labute approximate surface area is 119 Å². The van der Waals surface area contributed by atoms with Crippen molar-refractivity contribution < 1.29 is 5.11 Å². The molecule has 0 aromatic heterocycles. The van der Waals surface area contributed by atoms with Crippen molar-refractivity contribution in [2.24, 2.45) is 34.5 Å². The first-order valence-electron chi connectivity index (χ1n) is 8.52. The minimum absolute atomic E-state index is 0.00733. The van der Waals surface area contributed by atoms with Gasteiger partial charge < -0.3 is 5.11 Å². The van der Waals surface area contributed by atoms with Gasteiger partial charge in [0.1, 0.15) is 0 Å². The lowest BCUT2D eigenvalue weighted by molar-refractivity contribution is -0.120. The fraction of sp³-hybridized carbons (Fsp3) is 1.00. The second-order valence-electron chi connectivity index (χ2n) is 8.79. The topological polar surface area (TPSA) is 20.2 Å². The highest BCUT2D eigenvalue weighted by Crippen LogP contribution is 2.62. The molecule has 0 aliphatic heterocycles. The molecule has 3 saturated carbocycles. The molecule has 0 spiro atoms. The van der Waals surface area contributed by atoms with E-state index in [4.69, 9.17) is 0 Å². The summed E-state index contributed by atoms with van der Waals surface area (Å²) in [7, 11) is 0. The van der Waals surface area contributed by atoms with Crippen LogP contribution in [0.15, 0.2) is 0 Å². The fourth-order valence-corrected chi connectivity index (χ4v) is 5.89. The van der Waals surface area contributed by atoms with Crippen LogP contribution in [0.1, 0.15) is 72.6 Å². The molecule has 6 unspecified atom stereocenters. The van der Waals surface area contributed by atoms with Crippen molar-refractivity contribution in [3.8, 4) is 0 Å². The highest BCUT2D eigenvalue weighted by molar-refractivity contribution is 5.04. The van der Waals surface area contributed by atoms with Gasteiger partial charge in [-0.15, -0.1) is 0 Å². The van der Waals surface area contributed by atoms with Crippen LogP contribution in [0, 0.1) is 34.5 Å². The molecule has 0 saturated heterocycles. The Morgan fingerprint density at radius 2 is 1.68 bits per heavy atom. The molecule has 110 valence electrons. The Kier molecular flexibility index (Phi) is 3.28. The first-order valence-corrected chi connectivity index (χ1v) is 8.52. The molecule has 1 N–H and O–H groups in total. The molecule has 0 radical (unpaired) electrons. The standard InChI is InChI=1S/C18H32O/c1-12-15-6-5-13-11-14(19)7-10-18(13,4)16(15)8-9-17(12,2)3/h12-16,19H,5-11H2,1-4H3. The average Bonchev–Trinajstić information content (AvgIpc) is 2.35. The van der Waals surface area contributed by atoms with E-state index in [-0.39, 0.29) is 6.10 Å². The number of rotatable bonds is 0. The molecule has 6 atom stereocenters. The predicted molar refractivity (Wildman–Crippen MR) is 79.8 cm³/mol. The lowest BCUT2D eigenvalue weighted by atomic mass is 9.45. The van der Waals surface area contributed by atoms with Gasteiger partial charge in [-0.3, -0.25) is 0 Å². The van der Waals surface area contributed by atoms with Gasteiger partial charge in [0.15, 0.2) is 0 Å². The third-order valence-corrected chi connectivity index (χ3v) is 7.69. The van der Waals surface area contributed by atoms with Gasteiger partial charge in [0.2, 0.25) is 0 Å². The minimum atomic E-state index is -0.00733. The van der Waals surface area contributed by atoms with Crippen molar-refractivity contribution in [2.45, 2.75) is 78.7 Å². The quantitative estimate of drug-likeness (QED) is 0.676. The summed E-state index contributed by atoms with van der Waals surface area (Å²) in [5.74, 6) is 3.55. The van der Waals surface area contributed by atoms with Crippen molar-refractivity contribution in [3.63, 3.8) is 0 Å². The van der Waals surface area contributed by atoms with Gasteiger partial charge in [0, 0.05) is 0 Å². The zero-order valence-corrected chi connectivity index (χ0v) is 13.3. The summed E-state index contributed by atoms with van der Waals surface area (Å²) in [6, 6.07) is 0. The Morgan fingerprint density at radius 1 is 0.947 bits per heavy atom. The van der Waals surface area contributed by atoms with Crippen LogP contribution in [0.5, 0.6) is 0 Å². The zero-order valence-electron chi connectivity index (χ0n) is 13.3. The number of aliphatic hydroxyl groups excluding tert-OH is 1. The highest BCUT2D eigenvalue weighted by atomic mass is 16.3. The first kappa shape index (κ1) is 13.9. The second-order valence-corrected chi connectivity index (χ2v) is 8.79. The molecule has 0 amide bonds. The van der Waals surface area contributed by atoms with E-state index in [9.17, 15) is 5.11 Å². The molecule has 1 nitrogen and oxygen atoms in total. The lowest BCUT2D eigenvalue weighted by Gasteiger charge is -2.60. The maximum Gasteiger partial charge on any atom is 0.0543 e. The van der Waals surface area contributed by atoms with E-state index >= 15 is 0 Å². The van der Waals surface area contributed by atoms with E-state index in [1.165, 1.54) is 32.1 Å². The number of hydrogen-bond acceptors (Lipinski definition) is 1. The first-order chi connectivity index (χ1) is 8.84. The Hall–Kier alpha value is -0.0400. The van der Waals surface area contributed by atoms with Crippen molar-refractivity contribution in [3.05, 3.63) is 0 Å². The third kappa shape index (κ3) is 2.07. The van der Waals surface area contributed by atoms with Crippen LogP contribution in [0.25, 0.3) is 0 Å². The summed E-state index contributed by atoms with van der Waals surface area (Å²) in [4.78, 5) is 0. The summed E-state index contributed by atoms with van der Waals surface area (Å²) in [5.41, 5.74) is 1.07. The predicted octanol–water partition coefficient (Wildman–Crippen LogP) is 4.64. The van der Waals surface area contributed by atoms with E-state index in [1.54, 1.807) is 0 Å². The summed E-state index contributed by atoms with van der Waals surface area (Å²) in [6.45, 7) is 10.0. The smallest absolute Gasteiger partial charge is 0.0543 e. The molecule has 0 bridgehead atoms. The van der Waals surface area contributed by atoms with Crippen LogP contribution in [-0.2, 0) is 0 Å². The normalized spacial score (nSPS) is 53.2. The van der Waals surface area contributed by atoms with Gasteiger partial charge in [-0.1, -0.05) is 27.7 Å². The maximum absolute atomic E-state index is 9.99. The molecule has 3 aliphatic carbocycles. The second kappa shape index (κ2) is 4.48. The van der Waals surface area contributed by atoms with Crippen LogP contribution in [0.4, 0.5) is 0 Å². The van der Waals surface area contributed by atoms with Crippen LogP contribution in [0.2, 0.25) is 0 Å². The molecule has 3 aliphatic rings. The Morgan fingerprint density at radius 3 is 2.42 bits per heavy atom. The van der Waals surface area contributed by atoms with Gasteiger partial charge >= 0.3 is 0 Å². The molecule has 3 rings (SSSR count). The van der Waals surface area contributed by atoms with Crippen molar-refractivity contribution in [1.29, 1.82) is 0 Å². The molecule has 19 heavy (non-hydrogen) atoms. The fourth-order valence-electron chi connectivity index (χ4n) is 5.89. The Balaban J connectivity index is 1.85. The highest BCUT2D eigenvalue weighted by Gasteiger charge is 2.54. The average molecular weight is 264 g/mol. The zero-order chi connectivity index (χ0) is 13.8. The molecule has 0 heterocycles.